The van der Waals surface area contributed by atoms with Crippen molar-refractivity contribution in [3.63, 3.8) is 0 Å². The van der Waals surface area contributed by atoms with Gasteiger partial charge in [-0.1, -0.05) is 48.0 Å². The molecule has 21 heavy (non-hydrogen) atoms. The van der Waals surface area contributed by atoms with Crippen molar-refractivity contribution in [3.05, 3.63) is 82.8 Å². The van der Waals surface area contributed by atoms with E-state index < -0.39 is 0 Å². The maximum atomic E-state index is 13.0. The first kappa shape index (κ1) is 15.3. The lowest BCUT2D eigenvalue weighted by atomic mass is 9.98. The second-order valence-electron chi connectivity index (χ2n) is 5.56. The number of benzene rings is 2. The van der Waals surface area contributed by atoms with Crippen LogP contribution in [0.2, 0.25) is 0 Å². The number of hydrogen-bond acceptors (Lipinski definition) is 1. The highest BCUT2D eigenvalue weighted by atomic mass is 19.1. The molecule has 0 amide bonds. The lowest BCUT2D eigenvalue weighted by Gasteiger charge is -2.22. The Morgan fingerprint density at radius 2 is 1.57 bits per heavy atom. The first-order chi connectivity index (χ1) is 10.1. The minimum absolute atomic E-state index is 0.187. The summed E-state index contributed by atoms with van der Waals surface area (Å²) < 4.78 is 13.0. The molecule has 2 aromatic rings. The minimum Gasteiger partial charge on any atom is -0.381 e. The van der Waals surface area contributed by atoms with E-state index in [-0.39, 0.29) is 11.9 Å². The lowest BCUT2D eigenvalue weighted by molar-refractivity contribution is 0.587. The molecule has 0 fully saturated rings. The van der Waals surface area contributed by atoms with Crippen LogP contribution in [0.3, 0.4) is 0 Å². The van der Waals surface area contributed by atoms with Gasteiger partial charge in [0, 0.05) is 5.70 Å². The summed E-state index contributed by atoms with van der Waals surface area (Å²) in [6.07, 6.45) is 0.828. The lowest BCUT2D eigenvalue weighted by Crippen LogP contribution is -2.22. The van der Waals surface area contributed by atoms with Gasteiger partial charge in [-0.05, 0) is 50.5 Å². The van der Waals surface area contributed by atoms with Crippen LogP contribution < -0.4 is 5.32 Å². The van der Waals surface area contributed by atoms with Crippen molar-refractivity contribution in [2.75, 3.05) is 0 Å². The van der Waals surface area contributed by atoms with Gasteiger partial charge >= 0.3 is 0 Å². The van der Waals surface area contributed by atoms with Crippen LogP contribution >= 0.6 is 0 Å². The maximum absolute atomic E-state index is 13.0. The van der Waals surface area contributed by atoms with Gasteiger partial charge in [0.25, 0.3) is 0 Å². The fraction of sp³-hybridized carbons (Fsp3) is 0.263. The molecular weight excluding hydrogens is 261 g/mol. The molecule has 0 bridgehead atoms. The predicted octanol–water partition coefficient (Wildman–Crippen LogP) is 5.01. The predicted molar refractivity (Wildman–Crippen MR) is 86.5 cm³/mol. The Morgan fingerprint density at radius 1 is 0.952 bits per heavy atom. The summed E-state index contributed by atoms with van der Waals surface area (Å²) in [5.41, 5.74) is 4.82. The number of nitrogens with one attached hydrogen (secondary N) is 1. The van der Waals surface area contributed by atoms with Gasteiger partial charge in [-0.25, -0.2) is 4.39 Å². The molecule has 0 spiro atoms. The topological polar surface area (TPSA) is 12.0 Å². The summed E-state index contributed by atoms with van der Waals surface area (Å²) in [4.78, 5) is 0. The van der Waals surface area contributed by atoms with Crippen LogP contribution in [0.15, 0.2) is 65.9 Å². The first-order valence-electron chi connectivity index (χ1n) is 7.26. The Labute approximate surface area is 126 Å². The molecular formula is C19H22FN. The quantitative estimate of drug-likeness (QED) is 0.813. The SMILES string of the molecule is CC(C)=C(C)NC(Cc1ccc(F)cc1)c1ccccc1. The Morgan fingerprint density at radius 3 is 2.14 bits per heavy atom. The number of allylic oxidation sites excluding steroid dienone is 2. The van der Waals surface area contributed by atoms with Crippen LogP contribution in [0.5, 0.6) is 0 Å². The minimum atomic E-state index is -0.191. The second kappa shape index (κ2) is 7.07. The zero-order valence-electron chi connectivity index (χ0n) is 12.9. The van der Waals surface area contributed by atoms with Crippen molar-refractivity contribution in [3.8, 4) is 0 Å². The van der Waals surface area contributed by atoms with E-state index in [9.17, 15) is 4.39 Å². The molecule has 0 aliphatic heterocycles. The van der Waals surface area contributed by atoms with Gasteiger partial charge in [0.05, 0.1) is 6.04 Å². The summed E-state index contributed by atoms with van der Waals surface area (Å²) in [6, 6.07) is 17.3. The summed E-state index contributed by atoms with van der Waals surface area (Å²) in [6.45, 7) is 6.29. The third-order valence-corrected chi connectivity index (χ3v) is 3.70. The van der Waals surface area contributed by atoms with Crippen LogP contribution in [0.4, 0.5) is 4.39 Å². The average molecular weight is 283 g/mol. The molecule has 1 atom stereocenters. The van der Waals surface area contributed by atoms with Crippen molar-refractivity contribution in [1.82, 2.24) is 5.32 Å². The van der Waals surface area contributed by atoms with Gasteiger partial charge in [0.1, 0.15) is 5.82 Å². The van der Waals surface area contributed by atoms with E-state index in [4.69, 9.17) is 0 Å². The molecule has 2 heteroatoms. The van der Waals surface area contributed by atoms with Crippen LogP contribution in [0.25, 0.3) is 0 Å². The van der Waals surface area contributed by atoms with E-state index >= 15 is 0 Å². The van der Waals surface area contributed by atoms with E-state index in [0.29, 0.717) is 0 Å². The second-order valence-corrected chi connectivity index (χ2v) is 5.56. The van der Waals surface area contributed by atoms with Crippen LogP contribution in [-0.2, 0) is 6.42 Å². The molecule has 0 aliphatic carbocycles. The van der Waals surface area contributed by atoms with Gasteiger partial charge in [-0.2, -0.15) is 0 Å². The van der Waals surface area contributed by atoms with Gasteiger partial charge in [-0.15, -0.1) is 0 Å². The first-order valence-corrected chi connectivity index (χ1v) is 7.26. The molecule has 0 heterocycles. The Balaban J connectivity index is 2.23. The van der Waals surface area contributed by atoms with Crippen molar-refractivity contribution < 1.29 is 4.39 Å². The highest BCUT2D eigenvalue weighted by Gasteiger charge is 2.12. The fourth-order valence-corrected chi connectivity index (χ4v) is 2.20. The Kier molecular flexibility index (Phi) is 5.15. The Bertz CT molecular complexity index is 595. The van der Waals surface area contributed by atoms with Gasteiger partial charge in [0.2, 0.25) is 0 Å². The van der Waals surface area contributed by atoms with E-state index in [1.54, 1.807) is 0 Å². The monoisotopic (exact) mass is 283 g/mol. The summed E-state index contributed by atoms with van der Waals surface area (Å²) in [5.74, 6) is -0.191. The molecule has 0 saturated carbocycles. The molecule has 2 rings (SSSR count). The van der Waals surface area contributed by atoms with Gasteiger partial charge in [-0.3, -0.25) is 0 Å². The van der Waals surface area contributed by atoms with Crippen molar-refractivity contribution in [1.29, 1.82) is 0 Å². The molecule has 1 unspecified atom stereocenters. The number of rotatable bonds is 5. The molecule has 0 aromatic heterocycles. The molecule has 2 aromatic carbocycles. The highest BCUT2D eigenvalue weighted by molar-refractivity contribution is 5.25. The van der Waals surface area contributed by atoms with E-state index in [1.165, 1.54) is 29.0 Å². The van der Waals surface area contributed by atoms with Gasteiger partial charge < -0.3 is 5.32 Å². The van der Waals surface area contributed by atoms with E-state index in [0.717, 1.165) is 12.0 Å². The number of halogens is 1. The standard InChI is InChI=1S/C19H22FN/c1-14(2)15(3)21-19(17-7-5-4-6-8-17)13-16-9-11-18(20)12-10-16/h4-12,19,21H,13H2,1-3H3. The van der Waals surface area contributed by atoms with E-state index in [1.807, 2.05) is 30.3 Å². The van der Waals surface area contributed by atoms with Gasteiger partial charge in [0.15, 0.2) is 0 Å². The molecule has 1 nitrogen and oxygen atoms in total. The zero-order chi connectivity index (χ0) is 15.2. The molecule has 0 radical (unpaired) electrons. The van der Waals surface area contributed by atoms with Crippen molar-refractivity contribution >= 4 is 0 Å². The summed E-state index contributed by atoms with van der Waals surface area (Å²) in [5, 5.41) is 3.58. The summed E-state index contributed by atoms with van der Waals surface area (Å²) in [7, 11) is 0. The maximum Gasteiger partial charge on any atom is 0.123 e. The Hall–Kier alpha value is -2.09. The normalized spacial score (nSPS) is 11.8. The average Bonchev–Trinajstić information content (AvgIpc) is 2.49. The number of hydrogen-bond donors (Lipinski definition) is 1. The van der Waals surface area contributed by atoms with Crippen LogP contribution in [-0.4, -0.2) is 0 Å². The molecule has 110 valence electrons. The third-order valence-electron chi connectivity index (χ3n) is 3.70. The zero-order valence-corrected chi connectivity index (χ0v) is 12.9. The highest BCUT2D eigenvalue weighted by Crippen LogP contribution is 2.20. The largest absolute Gasteiger partial charge is 0.381 e. The van der Waals surface area contributed by atoms with Crippen LogP contribution in [0, 0.1) is 5.82 Å². The fourth-order valence-electron chi connectivity index (χ4n) is 2.20. The molecule has 0 aliphatic rings. The molecule has 0 saturated heterocycles. The molecule has 1 N–H and O–H groups in total. The van der Waals surface area contributed by atoms with Crippen molar-refractivity contribution in [2.45, 2.75) is 33.2 Å². The van der Waals surface area contributed by atoms with Crippen LogP contribution in [0.1, 0.15) is 37.9 Å². The summed E-state index contributed by atoms with van der Waals surface area (Å²) >= 11 is 0. The van der Waals surface area contributed by atoms with Crippen molar-refractivity contribution in [2.24, 2.45) is 0 Å². The van der Waals surface area contributed by atoms with E-state index in [2.05, 4.69) is 38.2 Å². The smallest absolute Gasteiger partial charge is 0.123 e. The third kappa shape index (κ3) is 4.45.